The first-order valence-electron chi connectivity index (χ1n) is 12.2. The highest BCUT2D eigenvalue weighted by Gasteiger charge is 2.25. The van der Waals surface area contributed by atoms with E-state index in [0.29, 0.717) is 24.1 Å². The van der Waals surface area contributed by atoms with E-state index in [9.17, 15) is 0 Å². The van der Waals surface area contributed by atoms with E-state index in [4.69, 9.17) is 28.9 Å². The molecule has 184 valence electrons. The lowest BCUT2D eigenvalue weighted by Gasteiger charge is -2.33. The Bertz CT molecular complexity index is 1390. The summed E-state index contributed by atoms with van der Waals surface area (Å²) in [5.41, 5.74) is 3.09. The van der Waals surface area contributed by atoms with E-state index in [1.807, 2.05) is 48.5 Å². The molecule has 0 atom stereocenters. The van der Waals surface area contributed by atoms with Gasteiger partial charge in [-0.15, -0.1) is 0 Å². The minimum atomic E-state index is 0.304. The van der Waals surface area contributed by atoms with E-state index in [2.05, 4.69) is 17.0 Å². The number of piperazine rings is 1. The summed E-state index contributed by atoms with van der Waals surface area (Å²) in [6.07, 6.45) is 0. The fourth-order valence-corrected chi connectivity index (χ4v) is 4.95. The van der Waals surface area contributed by atoms with Crippen molar-refractivity contribution in [1.29, 1.82) is 0 Å². The third kappa shape index (κ3) is 4.24. The average molecular weight is 486 g/mol. The summed E-state index contributed by atoms with van der Waals surface area (Å²) in [6.45, 7) is 5.07. The second-order valence-corrected chi connectivity index (χ2v) is 9.06. The van der Waals surface area contributed by atoms with Gasteiger partial charge in [-0.05, 0) is 24.3 Å². The zero-order valence-corrected chi connectivity index (χ0v) is 20.5. The summed E-state index contributed by atoms with van der Waals surface area (Å²) in [4.78, 5) is 13.8. The Morgan fingerprint density at radius 2 is 1.61 bits per heavy atom. The molecule has 0 amide bonds. The highest BCUT2D eigenvalue weighted by molar-refractivity contribution is 5.93. The Hall–Kier alpha value is -4.04. The molecular formula is C28H29N4O4+. The van der Waals surface area contributed by atoms with E-state index < -0.39 is 0 Å². The Balaban J connectivity index is 1.29. The molecule has 2 aliphatic heterocycles. The molecule has 36 heavy (non-hydrogen) atoms. The number of hydrogen-bond donors (Lipinski definition) is 1. The number of anilines is 1. The molecule has 1 fully saturated rings. The van der Waals surface area contributed by atoms with E-state index in [0.717, 1.165) is 66.5 Å². The minimum absolute atomic E-state index is 0.304. The van der Waals surface area contributed by atoms with E-state index in [1.54, 1.807) is 14.2 Å². The van der Waals surface area contributed by atoms with Crippen molar-refractivity contribution in [2.24, 2.45) is 0 Å². The van der Waals surface area contributed by atoms with Gasteiger partial charge in [0.2, 0.25) is 6.79 Å². The molecule has 4 aromatic rings. The van der Waals surface area contributed by atoms with Gasteiger partial charge in [-0.25, -0.2) is 9.97 Å². The Labute approximate surface area is 210 Å². The molecule has 8 heteroatoms. The fraction of sp³-hybridized carbons (Fsp3) is 0.286. The maximum absolute atomic E-state index is 5.59. The van der Waals surface area contributed by atoms with Gasteiger partial charge in [-0.2, -0.15) is 0 Å². The first-order valence-corrected chi connectivity index (χ1v) is 12.2. The summed E-state index contributed by atoms with van der Waals surface area (Å²) in [7, 11) is 3.30. The number of quaternary nitrogens is 1. The molecule has 0 radical (unpaired) electrons. The normalized spacial score (nSPS) is 15.3. The van der Waals surface area contributed by atoms with Crippen molar-refractivity contribution in [1.82, 2.24) is 9.97 Å². The van der Waals surface area contributed by atoms with Crippen molar-refractivity contribution in [3.05, 3.63) is 66.2 Å². The third-order valence-corrected chi connectivity index (χ3v) is 6.87. The second-order valence-electron chi connectivity index (χ2n) is 9.06. The lowest BCUT2D eigenvalue weighted by molar-refractivity contribution is -0.914. The molecule has 1 aromatic heterocycles. The number of hydrogen-bond acceptors (Lipinski definition) is 7. The van der Waals surface area contributed by atoms with Crippen LogP contribution in [0.5, 0.6) is 23.0 Å². The Kier molecular flexibility index (Phi) is 5.95. The molecule has 3 heterocycles. The van der Waals surface area contributed by atoms with Gasteiger partial charge >= 0.3 is 0 Å². The van der Waals surface area contributed by atoms with E-state index >= 15 is 0 Å². The van der Waals surface area contributed by atoms with Crippen LogP contribution in [0.1, 0.15) is 5.56 Å². The van der Waals surface area contributed by atoms with Crippen molar-refractivity contribution in [2.75, 3.05) is 52.1 Å². The first kappa shape index (κ1) is 22.4. The summed E-state index contributed by atoms with van der Waals surface area (Å²) in [5, 5.41) is 0.964. The number of aromatic nitrogens is 2. The van der Waals surface area contributed by atoms with Crippen LogP contribution in [-0.4, -0.2) is 57.2 Å². The van der Waals surface area contributed by atoms with Gasteiger partial charge in [-0.1, -0.05) is 30.3 Å². The molecule has 0 saturated carbocycles. The number of rotatable bonds is 6. The van der Waals surface area contributed by atoms with Crippen LogP contribution in [0.25, 0.3) is 22.3 Å². The summed E-state index contributed by atoms with van der Waals surface area (Å²) < 4.78 is 22.2. The number of ether oxygens (including phenoxy) is 4. The summed E-state index contributed by atoms with van der Waals surface area (Å²) >= 11 is 0. The Morgan fingerprint density at radius 3 is 2.39 bits per heavy atom. The Morgan fingerprint density at radius 1 is 0.861 bits per heavy atom. The van der Waals surface area contributed by atoms with Crippen LogP contribution >= 0.6 is 0 Å². The maximum atomic E-state index is 5.59. The molecule has 0 spiro atoms. The number of nitrogens with one attached hydrogen (secondary N) is 1. The fourth-order valence-electron chi connectivity index (χ4n) is 4.95. The number of fused-ring (bicyclic) bond motifs is 2. The van der Waals surface area contributed by atoms with Gasteiger partial charge in [0.1, 0.15) is 12.4 Å². The van der Waals surface area contributed by atoms with Crippen molar-refractivity contribution >= 4 is 16.7 Å². The largest absolute Gasteiger partial charge is 0.493 e. The topological polar surface area (TPSA) is 70.4 Å². The first-order chi connectivity index (χ1) is 17.7. The molecule has 0 bridgehead atoms. The smallest absolute Gasteiger partial charge is 0.231 e. The minimum Gasteiger partial charge on any atom is -0.493 e. The highest BCUT2D eigenvalue weighted by Crippen LogP contribution is 2.36. The lowest BCUT2D eigenvalue weighted by Crippen LogP contribution is -3.13. The summed E-state index contributed by atoms with van der Waals surface area (Å²) in [5.74, 6) is 4.65. The molecule has 6 rings (SSSR count). The van der Waals surface area contributed by atoms with Crippen molar-refractivity contribution < 1.29 is 23.8 Å². The van der Waals surface area contributed by atoms with Gasteiger partial charge in [0.25, 0.3) is 0 Å². The molecule has 1 saturated heterocycles. The molecule has 0 unspecified atom stereocenters. The number of benzene rings is 3. The van der Waals surface area contributed by atoms with Crippen molar-refractivity contribution in [2.45, 2.75) is 6.54 Å². The zero-order chi connectivity index (χ0) is 24.5. The van der Waals surface area contributed by atoms with Crippen LogP contribution in [0, 0.1) is 0 Å². The van der Waals surface area contributed by atoms with Gasteiger partial charge in [-0.3, -0.25) is 0 Å². The predicted octanol–water partition coefficient (Wildman–Crippen LogP) is 2.95. The molecular weight excluding hydrogens is 456 g/mol. The van der Waals surface area contributed by atoms with Gasteiger partial charge < -0.3 is 28.7 Å². The standard InChI is InChI=1S/C28H28N4O4/c1-33-24-15-21-22(16-25(24)34-2)29-27(20-6-4-3-5-7-20)30-28(21)32-12-10-31(11-13-32)17-19-8-9-23-26(14-19)36-18-35-23/h3-9,14-16H,10-13,17-18H2,1-2H3/p+1. The second kappa shape index (κ2) is 9.54. The maximum Gasteiger partial charge on any atom is 0.231 e. The van der Waals surface area contributed by atoms with E-state index in [-0.39, 0.29) is 0 Å². The molecule has 2 aliphatic rings. The van der Waals surface area contributed by atoms with Crippen LogP contribution in [0.3, 0.4) is 0 Å². The summed E-state index contributed by atoms with van der Waals surface area (Å²) in [6, 6.07) is 20.3. The van der Waals surface area contributed by atoms with Crippen LogP contribution in [-0.2, 0) is 6.54 Å². The quantitative estimate of drug-likeness (QED) is 0.450. The highest BCUT2D eigenvalue weighted by atomic mass is 16.7. The van der Waals surface area contributed by atoms with E-state index in [1.165, 1.54) is 10.5 Å². The van der Waals surface area contributed by atoms with Gasteiger partial charge in [0.15, 0.2) is 28.8 Å². The van der Waals surface area contributed by atoms with Crippen LogP contribution in [0.15, 0.2) is 60.7 Å². The van der Waals surface area contributed by atoms with Crippen molar-refractivity contribution in [3.8, 4) is 34.4 Å². The van der Waals surface area contributed by atoms with Crippen LogP contribution < -0.4 is 28.7 Å². The van der Waals surface area contributed by atoms with Gasteiger partial charge in [0, 0.05) is 22.6 Å². The zero-order valence-electron chi connectivity index (χ0n) is 20.5. The number of methoxy groups -OCH3 is 2. The van der Waals surface area contributed by atoms with Crippen LogP contribution in [0.2, 0.25) is 0 Å². The third-order valence-electron chi connectivity index (χ3n) is 6.87. The van der Waals surface area contributed by atoms with Crippen molar-refractivity contribution in [3.63, 3.8) is 0 Å². The molecule has 8 nitrogen and oxygen atoms in total. The molecule has 1 N–H and O–H groups in total. The lowest BCUT2D eigenvalue weighted by atomic mass is 10.1. The molecule has 3 aromatic carbocycles. The SMILES string of the molecule is COc1cc2nc(-c3ccccc3)nc(N3CC[NH+](Cc4ccc5c(c4)OCO5)CC3)c2cc1OC. The average Bonchev–Trinajstić information content (AvgIpc) is 3.40. The molecule has 0 aliphatic carbocycles. The number of nitrogens with zero attached hydrogens (tertiary/aromatic N) is 3. The van der Waals surface area contributed by atoms with Crippen LogP contribution in [0.4, 0.5) is 5.82 Å². The monoisotopic (exact) mass is 485 g/mol. The predicted molar refractivity (Wildman–Crippen MR) is 137 cm³/mol. The van der Waals surface area contributed by atoms with Gasteiger partial charge in [0.05, 0.1) is 45.9 Å².